The van der Waals surface area contributed by atoms with Gasteiger partial charge in [-0.05, 0) is 25.0 Å². The molecule has 1 saturated heterocycles. The summed E-state index contributed by atoms with van der Waals surface area (Å²) < 4.78 is 4.87. The van der Waals surface area contributed by atoms with Gasteiger partial charge in [0.25, 0.3) is 11.6 Å². The lowest BCUT2D eigenvalue weighted by molar-refractivity contribution is -0.385. The van der Waals surface area contributed by atoms with Crippen LogP contribution in [0.4, 0.5) is 5.69 Å². The van der Waals surface area contributed by atoms with E-state index < -0.39 is 17.5 Å². The molecule has 2 rings (SSSR count). The van der Waals surface area contributed by atoms with Crippen LogP contribution >= 0.6 is 0 Å². The number of likely N-dealkylation sites (tertiary alicyclic amines) is 1. The molecule has 0 spiro atoms. The summed E-state index contributed by atoms with van der Waals surface area (Å²) in [6.45, 7) is 0.341. The van der Waals surface area contributed by atoms with Crippen LogP contribution in [0, 0.1) is 16.0 Å². The van der Waals surface area contributed by atoms with Crippen LogP contribution < -0.4 is 5.73 Å². The van der Waals surface area contributed by atoms with E-state index in [1.54, 1.807) is 6.07 Å². The molecule has 0 aliphatic carbocycles. The highest BCUT2D eigenvalue weighted by Gasteiger charge is 2.26. The Hall–Kier alpha value is -3.23. The summed E-state index contributed by atoms with van der Waals surface area (Å²) in [6.07, 6.45) is 3.29. The Labute approximate surface area is 149 Å². The number of benzene rings is 1. The van der Waals surface area contributed by atoms with Gasteiger partial charge in [0.15, 0.2) is 6.61 Å². The van der Waals surface area contributed by atoms with Crippen LogP contribution in [0.1, 0.15) is 18.4 Å². The van der Waals surface area contributed by atoms with Gasteiger partial charge in [0.2, 0.25) is 5.91 Å². The predicted octanol–water partition coefficient (Wildman–Crippen LogP) is 0.875. The van der Waals surface area contributed by atoms with Gasteiger partial charge in [0.1, 0.15) is 0 Å². The van der Waals surface area contributed by atoms with E-state index in [0.29, 0.717) is 25.9 Å². The topological polar surface area (TPSA) is 133 Å². The molecule has 1 fully saturated rings. The first-order valence-corrected chi connectivity index (χ1v) is 8.04. The van der Waals surface area contributed by atoms with Gasteiger partial charge in [0, 0.05) is 31.1 Å². The molecule has 0 unspecified atom stereocenters. The van der Waals surface area contributed by atoms with Crippen molar-refractivity contribution in [2.24, 2.45) is 11.7 Å². The molecular weight excluding hydrogens is 342 g/mol. The molecule has 138 valence electrons. The molecule has 1 aliphatic heterocycles. The molecule has 1 aromatic carbocycles. The van der Waals surface area contributed by atoms with Crippen LogP contribution in [-0.2, 0) is 19.1 Å². The second-order valence-corrected chi connectivity index (χ2v) is 5.81. The second kappa shape index (κ2) is 8.75. The van der Waals surface area contributed by atoms with Gasteiger partial charge in [-0.1, -0.05) is 12.1 Å². The molecule has 26 heavy (non-hydrogen) atoms. The summed E-state index contributed by atoms with van der Waals surface area (Å²) in [6, 6.07) is 5.95. The molecule has 1 heterocycles. The second-order valence-electron chi connectivity index (χ2n) is 5.81. The maximum absolute atomic E-state index is 12.0. The minimum atomic E-state index is -0.775. The summed E-state index contributed by atoms with van der Waals surface area (Å²) in [5, 5.41) is 10.9. The van der Waals surface area contributed by atoms with E-state index in [9.17, 15) is 24.5 Å². The Kier molecular flexibility index (Phi) is 6.42. The van der Waals surface area contributed by atoms with Crippen LogP contribution in [0.25, 0.3) is 6.08 Å². The van der Waals surface area contributed by atoms with Crippen molar-refractivity contribution in [2.45, 2.75) is 12.8 Å². The minimum absolute atomic E-state index is 0.134. The quantitative estimate of drug-likeness (QED) is 0.346. The summed E-state index contributed by atoms with van der Waals surface area (Å²) in [7, 11) is 0. The Morgan fingerprint density at radius 3 is 2.54 bits per heavy atom. The van der Waals surface area contributed by atoms with Crippen molar-refractivity contribution in [3.8, 4) is 0 Å². The Balaban J connectivity index is 1.83. The standard InChI is InChI=1S/C17H19N3O6/c18-17(23)13-7-9-19(10-8-13)15(21)11-26-16(22)6-5-12-3-1-2-4-14(12)20(24)25/h1-6,13H,7-11H2,(H2,18,23)/b6-5+. The number of nitrogens with two attached hydrogens (primary N) is 1. The number of esters is 1. The number of nitro groups is 1. The number of hydrogen-bond acceptors (Lipinski definition) is 6. The number of para-hydroxylation sites is 1. The zero-order valence-electron chi connectivity index (χ0n) is 14.0. The zero-order chi connectivity index (χ0) is 19.1. The lowest BCUT2D eigenvalue weighted by Crippen LogP contribution is -2.43. The van der Waals surface area contributed by atoms with E-state index in [1.165, 1.54) is 29.2 Å². The summed E-state index contributed by atoms with van der Waals surface area (Å²) >= 11 is 0. The SMILES string of the molecule is NC(=O)C1CCN(C(=O)COC(=O)/C=C/c2ccccc2[N+](=O)[O-])CC1. The summed E-state index contributed by atoms with van der Waals surface area (Å²) in [4.78, 5) is 46.7. The van der Waals surface area contributed by atoms with E-state index in [0.717, 1.165) is 6.08 Å². The van der Waals surface area contributed by atoms with Gasteiger partial charge in [-0.2, -0.15) is 0 Å². The molecule has 0 saturated carbocycles. The van der Waals surface area contributed by atoms with E-state index >= 15 is 0 Å². The molecule has 1 aliphatic rings. The molecule has 0 aromatic heterocycles. The Bertz CT molecular complexity index is 738. The molecular formula is C17H19N3O6. The van der Waals surface area contributed by atoms with E-state index in [2.05, 4.69) is 0 Å². The highest BCUT2D eigenvalue weighted by atomic mass is 16.6. The number of primary amides is 1. The van der Waals surface area contributed by atoms with Gasteiger partial charge >= 0.3 is 5.97 Å². The molecule has 9 nitrogen and oxygen atoms in total. The largest absolute Gasteiger partial charge is 0.452 e. The zero-order valence-corrected chi connectivity index (χ0v) is 14.0. The van der Waals surface area contributed by atoms with Crippen molar-refractivity contribution >= 4 is 29.5 Å². The minimum Gasteiger partial charge on any atom is -0.452 e. The highest BCUT2D eigenvalue weighted by molar-refractivity contribution is 5.90. The number of piperidine rings is 1. The summed E-state index contributed by atoms with van der Waals surface area (Å²) in [5.41, 5.74) is 5.36. The van der Waals surface area contributed by atoms with Crippen molar-refractivity contribution in [3.63, 3.8) is 0 Å². The number of ether oxygens (including phenoxy) is 1. The number of carbonyl (C=O) groups excluding carboxylic acids is 3. The van der Waals surface area contributed by atoms with Gasteiger partial charge in [-0.3, -0.25) is 19.7 Å². The van der Waals surface area contributed by atoms with Crippen LogP contribution in [0.5, 0.6) is 0 Å². The number of carbonyl (C=O) groups is 3. The van der Waals surface area contributed by atoms with Crippen molar-refractivity contribution in [3.05, 3.63) is 46.0 Å². The van der Waals surface area contributed by atoms with Crippen LogP contribution in [0.15, 0.2) is 30.3 Å². The van der Waals surface area contributed by atoms with E-state index in [1.807, 2.05) is 0 Å². The third-order valence-electron chi connectivity index (χ3n) is 4.12. The fraction of sp³-hybridized carbons (Fsp3) is 0.353. The molecule has 2 amide bonds. The van der Waals surface area contributed by atoms with Crippen molar-refractivity contribution < 1.29 is 24.0 Å². The molecule has 9 heteroatoms. The molecule has 0 atom stereocenters. The van der Waals surface area contributed by atoms with Gasteiger partial charge < -0.3 is 15.4 Å². The van der Waals surface area contributed by atoms with E-state index in [-0.39, 0.29) is 29.0 Å². The molecule has 2 N–H and O–H groups in total. The van der Waals surface area contributed by atoms with Crippen LogP contribution in [-0.4, -0.2) is 47.3 Å². The first-order chi connectivity index (χ1) is 12.4. The Morgan fingerprint density at radius 2 is 1.92 bits per heavy atom. The third-order valence-corrected chi connectivity index (χ3v) is 4.12. The average molecular weight is 361 g/mol. The fourth-order valence-electron chi connectivity index (χ4n) is 2.64. The van der Waals surface area contributed by atoms with Gasteiger partial charge in [0.05, 0.1) is 10.5 Å². The molecule has 1 aromatic rings. The Morgan fingerprint density at radius 1 is 1.27 bits per heavy atom. The van der Waals surface area contributed by atoms with Gasteiger partial charge in [-0.15, -0.1) is 0 Å². The fourth-order valence-corrected chi connectivity index (χ4v) is 2.64. The first-order valence-electron chi connectivity index (χ1n) is 8.04. The van der Waals surface area contributed by atoms with Gasteiger partial charge in [-0.25, -0.2) is 4.79 Å². The van der Waals surface area contributed by atoms with Crippen LogP contribution in [0.2, 0.25) is 0 Å². The molecule has 0 bridgehead atoms. The number of hydrogen-bond donors (Lipinski definition) is 1. The lowest BCUT2D eigenvalue weighted by atomic mass is 9.96. The highest BCUT2D eigenvalue weighted by Crippen LogP contribution is 2.19. The van der Waals surface area contributed by atoms with Crippen molar-refractivity contribution in [2.75, 3.05) is 19.7 Å². The predicted molar refractivity (Wildman–Crippen MR) is 91.6 cm³/mol. The maximum Gasteiger partial charge on any atom is 0.331 e. The number of nitrogens with zero attached hydrogens (tertiary/aromatic N) is 2. The lowest BCUT2D eigenvalue weighted by Gasteiger charge is -2.30. The smallest absolute Gasteiger partial charge is 0.331 e. The normalized spacial score (nSPS) is 15.0. The van der Waals surface area contributed by atoms with E-state index in [4.69, 9.17) is 10.5 Å². The van der Waals surface area contributed by atoms with Crippen molar-refractivity contribution in [1.82, 2.24) is 4.90 Å². The molecule has 0 radical (unpaired) electrons. The summed E-state index contributed by atoms with van der Waals surface area (Å²) in [5.74, 6) is -1.74. The van der Waals surface area contributed by atoms with Crippen molar-refractivity contribution in [1.29, 1.82) is 0 Å². The number of nitro benzene ring substituents is 1. The number of amides is 2. The number of rotatable bonds is 6. The third kappa shape index (κ3) is 5.13. The monoisotopic (exact) mass is 361 g/mol. The van der Waals surface area contributed by atoms with Crippen LogP contribution in [0.3, 0.4) is 0 Å². The average Bonchev–Trinajstić information content (AvgIpc) is 2.64. The maximum atomic E-state index is 12.0. The first kappa shape index (κ1) is 19.1.